The lowest BCUT2D eigenvalue weighted by Gasteiger charge is -2.19. The summed E-state index contributed by atoms with van der Waals surface area (Å²) < 4.78 is 1.50. The summed E-state index contributed by atoms with van der Waals surface area (Å²) in [7, 11) is 0. The van der Waals surface area contributed by atoms with Crippen molar-refractivity contribution in [1.29, 1.82) is 0 Å². The van der Waals surface area contributed by atoms with Crippen molar-refractivity contribution in [2.24, 2.45) is 0 Å². The van der Waals surface area contributed by atoms with Crippen LogP contribution in [0.5, 0.6) is 0 Å². The van der Waals surface area contributed by atoms with E-state index in [0.717, 1.165) is 9.13 Å². The number of anilines is 1. The minimum Gasteiger partial charge on any atom is -0.478 e. The van der Waals surface area contributed by atoms with E-state index in [4.69, 9.17) is 12.2 Å². The van der Waals surface area contributed by atoms with Crippen molar-refractivity contribution in [3.05, 3.63) is 60.2 Å². The molecule has 5 nitrogen and oxygen atoms in total. The second-order valence-corrected chi connectivity index (χ2v) is 9.67. The van der Waals surface area contributed by atoms with Gasteiger partial charge in [0.1, 0.15) is 0 Å². The highest BCUT2D eigenvalue weighted by Gasteiger charge is 2.18. The average Bonchev–Trinajstić information content (AvgIpc) is 2.56. The zero-order chi connectivity index (χ0) is 20.4. The van der Waals surface area contributed by atoms with Crippen molar-refractivity contribution < 1.29 is 14.7 Å². The second kappa shape index (κ2) is 8.82. The maximum absolute atomic E-state index is 12.4. The van der Waals surface area contributed by atoms with Crippen LogP contribution in [-0.2, 0) is 5.41 Å². The molecule has 0 atom stereocenters. The van der Waals surface area contributed by atoms with Crippen LogP contribution in [0.3, 0.4) is 0 Å². The van der Waals surface area contributed by atoms with Gasteiger partial charge in [-0.1, -0.05) is 32.9 Å². The molecule has 0 aliphatic heterocycles. The van der Waals surface area contributed by atoms with E-state index in [1.807, 2.05) is 40.8 Å². The number of amides is 1. The maximum Gasteiger partial charge on any atom is 0.337 e. The summed E-state index contributed by atoms with van der Waals surface area (Å²) in [5.74, 6) is -1.42. The molecule has 0 unspecified atom stereocenters. The van der Waals surface area contributed by atoms with E-state index >= 15 is 0 Å². The number of carboxylic acid groups (broad SMARTS) is 1. The number of aromatic carboxylic acids is 1. The van der Waals surface area contributed by atoms with Crippen molar-refractivity contribution in [3.8, 4) is 0 Å². The minimum absolute atomic E-state index is 0.000601. The molecule has 8 heteroatoms. The van der Waals surface area contributed by atoms with Crippen LogP contribution in [-0.4, -0.2) is 22.1 Å². The van der Waals surface area contributed by atoms with Crippen LogP contribution in [0.15, 0.2) is 36.4 Å². The molecule has 0 bridgehead atoms. The van der Waals surface area contributed by atoms with Gasteiger partial charge < -0.3 is 10.4 Å². The van der Waals surface area contributed by atoms with E-state index in [1.165, 1.54) is 0 Å². The Kier molecular flexibility index (Phi) is 7.20. The summed E-state index contributed by atoms with van der Waals surface area (Å²) in [6, 6.07) is 10.7. The first kappa shape index (κ1) is 22.0. The fourth-order valence-electron chi connectivity index (χ4n) is 2.31. The minimum atomic E-state index is -1.07. The topological polar surface area (TPSA) is 78.4 Å². The van der Waals surface area contributed by atoms with E-state index in [2.05, 4.69) is 54.0 Å². The average molecular weight is 608 g/mol. The van der Waals surface area contributed by atoms with Gasteiger partial charge in [0.05, 0.1) is 11.3 Å². The lowest BCUT2D eigenvalue weighted by atomic mass is 9.87. The van der Waals surface area contributed by atoms with Gasteiger partial charge in [0, 0.05) is 12.7 Å². The summed E-state index contributed by atoms with van der Waals surface area (Å²) in [5.41, 5.74) is 2.05. The van der Waals surface area contributed by atoms with Crippen LogP contribution in [0.25, 0.3) is 0 Å². The first-order valence-electron chi connectivity index (χ1n) is 7.94. The number of benzene rings is 2. The zero-order valence-corrected chi connectivity index (χ0v) is 20.0. The van der Waals surface area contributed by atoms with Crippen molar-refractivity contribution in [2.45, 2.75) is 26.2 Å². The first-order valence-corrected chi connectivity index (χ1v) is 10.5. The van der Waals surface area contributed by atoms with Gasteiger partial charge in [0.2, 0.25) is 0 Å². The van der Waals surface area contributed by atoms with E-state index < -0.39 is 5.97 Å². The Bertz CT molecular complexity index is 906. The lowest BCUT2D eigenvalue weighted by Crippen LogP contribution is -2.34. The van der Waals surface area contributed by atoms with Gasteiger partial charge in [-0.2, -0.15) is 0 Å². The second-order valence-electron chi connectivity index (χ2n) is 6.85. The van der Waals surface area contributed by atoms with Crippen LogP contribution in [0.1, 0.15) is 47.1 Å². The molecule has 142 valence electrons. The van der Waals surface area contributed by atoms with Crippen LogP contribution in [0.2, 0.25) is 0 Å². The van der Waals surface area contributed by atoms with E-state index in [9.17, 15) is 14.7 Å². The molecule has 0 spiro atoms. The zero-order valence-electron chi connectivity index (χ0n) is 14.9. The SMILES string of the molecule is CC(C)(C)c1ccc(C(=O)NC(=S)Nc2c(I)cc(I)cc2C(=O)O)cc1. The smallest absolute Gasteiger partial charge is 0.337 e. The Labute approximate surface area is 190 Å². The molecular weight excluding hydrogens is 590 g/mol. The van der Waals surface area contributed by atoms with Crippen molar-refractivity contribution in [2.75, 3.05) is 5.32 Å². The number of carboxylic acids is 1. The maximum atomic E-state index is 12.4. The molecule has 0 saturated heterocycles. The number of thiocarbonyl (C=S) groups is 1. The fourth-order valence-corrected chi connectivity index (χ4v) is 4.49. The predicted octanol–water partition coefficient (Wildman–Crippen LogP) is 5.02. The highest BCUT2D eigenvalue weighted by Crippen LogP contribution is 2.26. The normalized spacial score (nSPS) is 11.0. The van der Waals surface area contributed by atoms with Gasteiger partial charge in [-0.15, -0.1) is 0 Å². The number of hydrogen-bond donors (Lipinski definition) is 3. The summed E-state index contributed by atoms with van der Waals surface area (Å²) in [5, 5.41) is 14.9. The molecule has 1 amide bonds. The highest BCUT2D eigenvalue weighted by atomic mass is 127. The summed E-state index contributed by atoms with van der Waals surface area (Å²) in [6.45, 7) is 6.30. The molecule has 0 saturated carbocycles. The largest absolute Gasteiger partial charge is 0.478 e. The third-order valence-corrected chi connectivity index (χ3v) is 5.44. The Morgan fingerprint density at radius 2 is 1.67 bits per heavy atom. The van der Waals surface area contributed by atoms with Crippen LogP contribution in [0, 0.1) is 7.14 Å². The quantitative estimate of drug-likeness (QED) is 0.337. The fraction of sp³-hybridized carbons (Fsp3) is 0.211. The van der Waals surface area contributed by atoms with Gasteiger partial charge in [-0.05, 0) is 92.6 Å². The lowest BCUT2D eigenvalue weighted by molar-refractivity contribution is 0.0697. The van der Waals surface area contributed by atoms with E-state index in [0.29, 0.717) is 14.8 Å². The van der Waals surface area contributed by atoms with Crippen LogP contribution >= 0.6 is 57.4 Å². The van der Waals surface area contributed by atoms with E-state index in [1.54, 1.807) is 18.2 Å². The molecule has 2 rings (SSSR count). The number of carbonyl (C=O) groups is 2. The van der Waals surface area contributed by atoms with Gasteiger partial charge >= 0.3 is 5.97 Å². The van der Waals surface area contributed by atoms with Gasteiger partial charge in [0.15, 0.2) is 5.11 Å². The molecule has 0 fully saturated rings. The van der Waals surface area contributed by atoms with Crippen LogP contribution in [0.4, 0.5) is 5.69 Å². The molecule has 0 radical (unpaired) electrons. The number of carbonyl (C=O) groups excluding carboxylic acids is 1. The molecule has 27 heavy (non-hydrogen) atoms. The molecule has 3 N–H and O–H groups in total. The summed E-state index contributed by atoms with van der Waals surface area (Å²) >= 11 is 9.28. The molecule has 2 aromatic carbocycles. The Morgan fingerprint density at radius 1 is 1.07 bits per heavy atom. The molecule has 0 aliphatic rings. The number of hydrogen-bond acceptors (Lipinski definition) is 3. The molecule has 0 aromatic heterocycles. The first-order chi connectivity index (χ1) is 12.5. The third kappa shape index (κ3) is 5.85. The summed E-state index contributed by atoms with van der Waals surface area (Å²) in [4.78, 5) is 23.9. The Morgan fingerprint density at radius 3 is 2.19 bits per heavy atom. The van der Waals surface area contributed by atoms with Gasteiger partial charge in [-0.25, -0.2) is 4.79 Å². The predicted molar refractivity (Wildman–Crippen MR) is 128 cm³/mol. The van der Waals surface area contributed by atoms with Gasteiger partial charge in [-0.3, -0.25) is 10.1 Å². The Hall–Kier alpha value is -1.27. The van der Waals surface area contributed by atoms with Crippen molar-refractivity contribution in [3.63, 3.8) is 0 Å². The molecular formula is C19H18I2N2O3S. The van der Waals surface area contributed by atoms with Crippen molar-refractivity contribution in [1.82, 2.24) is 5.32 Å². The van der Waals surface area contributed by atoms with Crippen molar-refractivity contribution >= 4 is 80.1 Å². The highest BCUT2D eigenvalue weighted by molar-refractivity contribution is 14.1. The van der Waals surface area contributed by atoms with Crippen LogP contribution < -0.4 is 10.6 Å². The number of nitrogens with one attached hydrogen (secondary N) is 2. The number of halogens is 2. The monoisotopic (exact) mass is 608 g/mol. The molecule has 0 aliphatic carbocycles. The Balaban J connectivity index is 2.14. The standard InChI is InChI=1S/C19H18I2N2O3S/c1-19(2,3)11-6-4-10(5-7-11)16(24)23-18(27)22-15-13(17(25)26)8-12(20)9-14(15)21/h4-9H,1-3H3,(H,25,26)(H2,22,23,24,27). The van der Waals surface area contributed by atoms with E-state index in [-0.39, 0.29) is 22.0 Å². The molecule has 0 heterocycles. The van der Waals surface area contributed by atoms with Gasteiger partial charge in [0.25, 0.3) is 5.91 Å². The molecule has 2 aromatic rings. The summed E-state index contributed by atoms with van der Waals surface area (Å²) in [6.07, 6.45) is 0. The third-order valence-electron chi connectivity index (χ3n) is 3.76. The number of rotatable bonds is 3.